The molecule has 0 radical (unpaired) electrons. The molecule has 15 heavy (non-hydrogen) atoms. The second-order valence-electron chi connectivity index (χ2n) is 2.61. The normalized spacial score (nSPS) is 10.7. The van der Waals surface area contributed by atoms with Gasteiger partial charge in [0, 0.05) is 17.3 Å². The topological polar surface area (TPSA) is 76.0 Å². The van der Waals surface area contributed by atoms with Gasteiger partial charge in [0.15, 0.2) is 0 Å². The van der Waals surface area contributed by atoms with Crippen molar-refractivity contribution in [3.8, 4) is 0 Å². The van der Waals surface area contributed by atoms with Gasteiger partial charge in [-0.2, -0.15) is 0 Å². The number of hydrogen-bond donors (Lipinski definition) is 1. The summed E-state index contributed by atoms with van der Waals surface area (Å²) < 4.78 is 24.8. The number of alkyl halides is 3. The Kier molecular flexibility index (Phi) is 3.35. The van der Waals surface area contributed by atoms with E-state index in [1.165, 1.54) is 0 Å². The van der Waals surface area contributed by atoms with Crippen molar-refractivity contribution in [1.82, 2.24) is 4.98 Å². The zero-order valence-electron chi connectivity index (χ0n) is 7.17. The molecular weight excluding hydrogens is 234 g/mol. The molecule has 1 N–H and O–H groups in total. The number of nitro groups is 1. The van der Waals surface area contributed by atoms with E-state index in [1.807, 2.05) is 4.98 Å². The van der Waals surface area contributed by atoms with Gasteiger partial charge in [0.25, 0.3) is 6.43 Å². The van der Waals surface area contributed by atoms with Gasteiger partial charge in [-0.3, -0.25) is 14.9 Å². The minimum Gasteiger partial charge on any atom is -0.319 e. The van der Waals surface area contributed by atoms with Crippen LogP contribution in [-0.4, -0.2) is 9.91 Å². The number of hydrogen-bond acceptors (Lipinski definition) is 3. The first-order valence-electron chi connectivity index (χ1n) is 3.72. The van der Waals surface area contributed by atoms with Crippen LogP contribution in [0.15, 0.2) is 10.9 Å². The van der Waals surface area contributed by atoms with Gasteiger partial charge in [-0.1, -0.05) is 0 Å². The summed E-state index contributed by atoms with van der Waals surface area (Å²) in [5.74, 6) is -0.340. The first kappa shape index (κ1) is 11.6. The Morgan fingerprint density at radius 1 is 1.60 bits per heavy atom. The lowest BCUT2D eigenvalue weighted by atomic mass is 10.2. The smallest absolute Gasteiger partial charge is 0.319 e. The maximum absolute atomic E-state index is 12.4. The lowest BCUT2D eigenvalue weighted by molar-refractivity contribution is -0.386. The number of aromatic nitrogens is 1. The van der Waals surface area contributed by atoms with Crippen molar-refractivity contribution >= 4 is 17.3 Å². The van der Waals surface area contributed by atoms with Crippen molar-refractivity contribution in [3.05, 3.63) is 37.8 Å². The average Bonchev–Trinajstić information content (AvgIpc) is 2.16. The Morgan fingerprint density at radius 3 is 2.60 bits per heavy atom. The van der Waals surface area contributed by atoms with Crippen LogP contribution in [0.4, 0.5) is 14.5 Å². The van der Waals surface area contributed by atoms with Gasteiger partial charge in [-0.15, -0.1) is 11.6 Å². The Labute approximate surface area is 86.8 Å². The maximum Gasteiger partial charge on any atom is 0.334 e. The van der Waals surface area contributed by atoms with Gasteiger partial charge in [0.1, 0.15) is 0 Å². The summed E-state index contributed by atoms with van der Waals surface area (Å²) in [6, 6.07) is 0.543. The summed E-state index contributed by atoms with van der Waals surface area (Å²) in [6.07, 6.45) is -2.92. The van der Waals surface area contributed by atoms with E-state index < -0.39 is 28.2 Å². The lowest BCUT2D eigenvalue weighted by Gasteiger charge is -2.04. The molecule has 0 saturated heterocycles. The van der Waals surface area contributed by atoms with Gasteiger partial charge in [-0.05, 0) is 0 Å². The molecule has 0 fully saturated rings. The third kappa shape index (κ3) is 2.30. The SMILES string of the molecule is O=c1[nH]c(CCl)c(C(F)F)cc1[N+](=O)[O-]. The summed E-state index contributed by atoms with van der Waals surface area (Å²) in [7, 11) is 0. The van der Waals surface area contributed by atoms with E-state index in [2.05, 4.69) is 0 Å². The van der Waals surface area contributed by atoms with Crippen LogP contribution in [0.3, 0.4) is 0 Å². The highest BCUT2D eigenvalue weighted by molar-refractivity contribution is 6.17. The molecule has 0 aromatic carbocycles. The van der Waals surface area contributed by atoms with E-state index in [9.17, 15) is 23.7 Å². The van der Waals surface area contributed by atoms with E-state index in [-0.39, 0.29) is 11.6 Å². The highest BCUT2D eigenvalue weighted by Gasteiger charge is 2.21. The quantitative estimate of drug-likeness (QED) is 0.497. The number of pyridine rings is 1. The molecule has 8 heteroatoms. The second-order valence-corrected chi connectivity index (χ2v) is 2.88. The minimum atomic E-state index is -2.92. The molecule has 0 amide bonds. The van der Waals surface area contributed by atoms with Gasteiger partial charge in [-0.25, -0.2) is 8.78 Å². The predicted molar refractivity (Wildman–Crippen MR) is 48.2 cm³/mol. The molecular formula is C7H5ClF2N2O3. The van der Waals surface area contributed by atoms with E-state index in [0.29, 0.717) is 6.07 Å². The molecule has 0 aliphatic carbocycles. The molecule has 1 aromatic heterocycles. The monoisotopic (exact) mass is 238 g/mol. The second kappa shape index (κ2) is 4.35. The van der Waals surface area contributed by atoms with Crippen molar-refractivity contribution in [2.75, 3.05) is 0 Å². The van der Waals surface area contributed by atoms with E-state index in [1.54, 1.807) is 0 Å². The number of nitrogens with one attached hydrogen (secondary N) is 1. The molecule has 1 heterocycles. The predicted octanol–water partition coefficient (Wildman–Crippen LogP) is 1.96. The van der Waals surface area contributed by atoms with Crippen LogP contribution in [0.5, 0.6) is 0 Å². The van der Waals surface area contributed by atoms with E-state index in [4.69, 9.17) is 11.6 Å². The molecule has 1 aromatic rings. The lowest BCUT2D eigenvalue weighted by Crippen LogP contribution is -2.15. The fourth-order valence-corrected chi connectivity index (χ4v) is 1.24. The standard InChI is InChI=1S/C7H5ClF2N2O3/c8-2-4-3(6(9)10)1-5(12(14)15)7(13)11-4/h1,6H,2H2,(H,11,13). The molecule has 0 bridgehead atoms. The number of H-pyrrole nitrogens is 1. The number of aromatic amines is 1. The minimum absolute atomic E-state index is 0.206. The van der Waals surface area contributed by atoms with E-state index in [0.717, 1.165) is 0 Å². The van der Waals surface area contributed by atoms with Crippen molar-refractivity contribution < 1.29 is 13.7 Å². The highest BCUT2D eigenvalue weighted by Crippen LogP contribution is 2.24. The summed E-state index contributed by atoms with van der Waals surface area (Å²) in [4.78, 5) is 22.2. The zero-order chi connectivity index (χ0) is 11.6. The van der Waals surface area contributed by atoms with Crippen LogP contribution < -0.4 is 5.56 Å². The third-order valence-corrected chi connectivity index (χ3v) is 1.97. The molecule has 0 spiro atoms. The third-order valence-electron chi connectivity index (χ3n) is 1.70. The Morgan fingerprint density at radius 2 is 2.20 bits per heavy atom. The fourth-order valence-electron chi connectivity index (χ4n) is 1.01. The molecule has 0 atom stereocenters. The largest absolute Gasteiger partial charge is 0.334 e. The first-order chi connectivity index (χ1) is 6.97. The Balaban J connectivity index is 3.44. The number of halogens is 3. The molecule has 0 aliphatic rings. The molecule has 0 unspecified atom stereocenters. The van der Waals surface area contributed by atoms with Crippen molar-refractivity contribution in [2.45, 2.75) is 12.3 Å². The maximum atomic E-state index is 12.4. The van der Waals surface area contributed by atoms with Crippen LogP contribution in [0.25, 0.3) is 0 Å². The fraction of sp³-hybridized carbons (Fsp3) is 0.286. The van der Waals surface area contributed by atoms with Crippen molar-refractivity contribution in [1.29, 1.82) is 0 Å². The molecule has 5 nitrogen and oxygen atoms in total. The van der Waals surface area contributed by atoms with Gasteiger partial charge in [0.05, 0.1) is 10.8 Å². The molecule has 0 saturated carbocycles. The van der Waals surface area contributed by atoms with Crippen LogP contribution >= 0.6 is 11.6 Å². The van der Waals surface area contributed by atoms with Gasteiger partial charge >= 0.3 is 11.2 Å². The number of nitrogens with zero attached hydrogens (tertiary/aromatic N) is 1. The van der Waals surface area contributed by atoms with Crippen LogP contribution in [-0.2, 0) is 5.88 Å². The Hall–Kier alpha value is -1.50. The van der Waals surface area contributed by atoms with Crippen molar-refractivity contribution in [2.24, 2.45) is 0 Å². The van der Waals surface area contributed by atoms with Crippen molar-refractivity contribution in [3.63, 3.8) is 0 Å². The summed E-state index contributed by atoms with van der Waals surface area (Å²) in [5, 5.41) is 10.3. The highest BCUT2D eigenvalue weighted by atomic mass is 35.5. The summed E-state index contributed by atoms with van der Waals surface area (Å²) in [6.45, 7) is 0. The molecule has 1 rings (SSSR count). The zero-order valence-corrected chi connectivity index (χ0v) is 7.92. The summed E-state index contributed by atoms with van der Waals surface area (Å²) in [5.41, 5.74) is -2.79. The molecule has 0 aliphatic heterocycles. The average molecular weight is 239 g/mol. The first-order valence-corrected chi connectivity index (χ1v) is 4.25. The van der Waals surface area contributed by atoms with Crippen LogP contribution in [0.2, 0.25) is 0 Å². The van der Waals surface area contributed by atoms with Gasteiger partial charge < -0.3 is 4.98 Å². The van der Waals surface area contributed by atoms with Crippen LogP contribution in [0.1, 0.15) is 17.7 Å². The molecule has 82 valence electrons. The van der Waals surface area contributed by atoms with Gasteiger partial charge in [0.2, 0.25) is 0 Å². The van der Waals surface area contributed by atoms with Crippen LogP contribution in [0, 0.1) is 10.1 Å². The van der Waals surface area contributed by atoms with E-state index >= 15 is 0 Å². The Bertz CT molecular complexity index is 446. The summed E-state index contributed by atoms with van der Waals surface area (Å²) >= 11 is 5.31. The number of rotatable bonds is 3.